The molecule has 0 aromatic carbocycles. The van der Waals surface area contributed by atoms with Crippen molar-refractivity contribution in [2.24, 2.45) is 0 Å². The third-order valence-electron chi connectivity index (χ3n) is 3.43. The number of nitrogens with one attached hydrogen (secondary N) is 2. The molecule has 3 amide bonds. The number of hydrogen-bond donors (Lipinski definition) is 2. The molecule has 2 heterocycles. The second-order valence-corrected chi connectivity index (χ2v) is 5.31. The summed E-state index contributed by atoms with van der Waals surface area (Å²) >= 11 is 0. The van der Waals surface area contributed by atoms with Crippen molar-refractivity contribution in [2.45, 2.75) is 38.3 Å². The Morgan fingerprint density at radius 2 is 2.40 bits per heavy atom. The van der Waals surface area contributed by atoms with Gasteiger partial charge in [0.1, 0.15) is 5.76 Å². The van der Waals surface area contributed by atoms with E-state index in [1.54, 1.807) is 18.2 Å². The minimum Gasteiger partial charge on any atom is -0.469 e. The van der Waals surface area contributed by atoms with Crippen molar-refractivity contribution in [3.8, 4) is 0 Å². The Kier molecular flexibility index (Phi) is 4.65. The lowest BCUT2D eigenvalue weighted by Gasteiger charge is -2.30. The maximum Gasteiger partial charge on any atom is 0.315 e. The highest BCUT2D eigenvalue weighted by molar-refractivity contribution is 5.78. The van der Waals surface area contributed by atoms with Crippen LogP contribution < -0.4 is 10.6 Å². The van der Waals surface area contributed by atoms with Gasteiger partial charge in [-0.25, -0.2) is 4.79 Å². The first kappa shape index (κ1) is 14.4. The van der Waals surface area contributed by atoms with Crippen LogP contribution in [0.4, 0.5) is 4.79 Å². The summed E-state index contributed by atoms with van der Waals surface area (Å²) in [4.78, 5) is 24.9. The van der Waals surface area contributed by atoms with Gasteiger partial charge in [-0.05, 0) is 25.5 Å². The molecule has 2 rings (SSSR count). The van der Waals surface area contributed by atoms with Gasteiger partial charge in [-0.3, -0.25) is 4.79 Å². The number of furan rings is 1. The number of amides is 3. The predicted molar refractivity (Wildman–Crippen MR) is 74.2 cm³/mol. The van der Waals surface area contributed by atoms with E-state index in [-0.39, 0.29) is 24.0 Å². The van der Waals surface area contributed by atoms with Crippen molar-refractivity contribution in [1.29, 1.82) is 0 Å². The Morgan fingerprint density at radius 3 is 3.05 bits per heavy atom. The van der Waals surface area contributed by atoms with Gasteiger partial charge >= 0.3 is 6.03 Å². The number of likely N-dealkylation sites (N-methyl/N-ethyl adjacent to an activating group) is 1. The van der Waals surface area contributed by atoms with Crippen molar-refractivity contribution in [3.05, 3.63) is 24.2 Å². The average Bonchev–Trinajstić information content (AvgIpc) is 2.86. The molecule has 0 saturated carbocycles. The Labute approximate surface area is 118 Å². The molecule has 20 heavy (non-hydrogen) atoms. The highest BCUT2D eigenvalue weighted by atomic mass is 16.3. The van der Waals surface area contributed by atoms with Gasteiger partial charge in [0.15, 0.2) is 0 Å². The lowest BCUT2D eigenvalue weighted by atomic mass is 10.1. The fourth-order valence-corrected chi connectivity index (χ4v) is 2.36. The number of likely N-dealkylation sites (tertiary alicyclic amines) is 1. The monoisotopic (exact) mass is 279 g/mol. The lowest BCUT2D eigenvalue weighted by Crippen LogP contribution is -2.52. The number of piperidine rings is 1. The Morgan fingerprint density at radius 1 is 1.60 bits per heavy atom. The van der Waals surface area contributed by atoms with Gasteiger partial charge in [-0.2, -0.15) is 0 Å². The fourth-order valence-electron chi connectivity index (χ4n) is 2.36. The van der Waals surface area contributed by atoms with Crippen LogP contribution in [0.3, 0.4) is 0 Å². The van der Waals surface area contributed by atoms with Crippen LogP contribution in [-0.4, -0.2) is 42.5 Å². The molecular formula is C14H21N3O3. The van der Waals surface area contributed by atoms with Gasteiger partial charge in [-0.15, -0.1) is 0 Å². The van der Waals surface area contributed by atoms with E-state index in [9.17, 15) is 9.59 Å². The van der Waals surface area contributed by atoms with Crippen molar-refractivity contribution < 1.29 is 14.0 Å². The van der Waals surface area contributed by atoms with Crippen LogP contribution >= 0.6 is 0 Å². The summed E-state index contributed by atoms with van der Waals surface area (Å²) in [5.74, 6) is 0.982. The summed E-state index contributed by atoms with van der Waals surface area (Å²) in [7, 11) is 1.76. The molecule has 0 unspecified atom stereocenters. The molecule has 0 aliphatic carbocycles. The number of hydrogen-bond acceptors (Lipinski definition) is 3. The summed E-state index contributed by atoms with van der Waals surface area (Å²) in [5.41, 5.74) is 0. The van der Waals surface area contributed by atoms with Crippen molar-refractivity contribution in [2.75, 3.05) is 13.6 Å². The SMILES string of the molecule is C[C@@H](Cc1ccco1)NC(=O)N[C@@H]1CCC(=O)N(C)C1. The molecule has 0 spiro atoms. The zero-order valence-corrected chi connectivity index (χ0v) is 11.9. The van der Waals surface area contributed by atoms with Crippen LogP contribution in [0.15, 0.2) is 22.8 Å². The van der Waals surface area contributed by atoms with Gasteiger partial charge in [0.2, 0.25) is 5.91 Å². The van der Waals surface area contributed by atoms with Crippen molar-refractivity contribution >= 4 is 11.9 Å². The molecule has 1 aromatic rings. The normalized spacial score (nSPS) is 20.6. The van der Waals surface area contributed by atoms with Gasteiger partial charge < -0.3 is 20.0 Å². The minimum atomic E-state index is -0.197. The van der Waals surface area contributed by atoms with Gasteiger partial charge in [0, 0.05) is 38.5 Å². The van der Waals surface area contributed by atoms with Gasteiger partial charge in [-0.1, -0.05) is 0 Å². The summed E-state index contributed by atoms with van der Waals surface area (Å²) in [5, 5.41) is 5.78. The first-order valence-corrected chi connectivity index (χ1v) is 6.88. The summed E-state index contributed by atoms with van der Waals surface area (Å²) < 4.78 is 5.25. The van der Waals surface area contributed by atoms with Gasteiger partial charge in [0.05, 0.1) is 6.26 Å². The van der Waals surface area contributed by atoms with Crippen LogP contribution in [0, 0.1) is 0 Å². The number of nitrogens with zero attached hydrogens (tertiary/aromatic N) is 1. The van der Waals surface area contributed by atoms with E-state index >= 15 is 0 Å². The van der Waals surface area contributed by atoms with Crippen LogP contribution in [0.1, 0.15) is 25.5 Å². The molecule has 6 heteroatoms. The zero-order valence-electron chi connectivity index (χ0n) is 11.9. The number of urea groups is 1. The molecule has 0 bridgehead atoms. The minimum absolute atomic E-state index is 0.0101. The topological polar surface area (TPSA) is 74.6 Å². The Balaban J connectivity index is 1.73. The average molecular weight is 279 g/mol. The molecule has 2 atom stereocenters. The maximum atomic E-state index is 11.9. The van der Waals surface area contributed by atoms with E-state index in [1.165, 1.54) is 0 Å². The van der Waals surface area contributed by atoms with Crippen LogP contribution in [0.2, 0.25) is 0 Å². The van der Waals surface area contributed by atoms with Crippen LogP contribution in [0.5, 0.6) is 0 Å². The van der Waals surface area contributed by atoms with E-state index < -0.39 is 0 Å². The fraction of sp³-hybridized carbons (Fsp3) is 0.571. The maximum absolute atomic E-state index is 11.9. The molecule has 1 fully saturated rings. The first-order valence-electron chi connectivity index (χ1n) is 6.88. The zero-order chi connectivity index (χ0) is 14.5. The van der Waals surface area contributed by atoms with Crippen LogP contribution in [0.25, 0.3) is 0 Å². The van der Waals surface area contributed by atoms with Crippen molar-refractivity contribution in [3.63, 3.8) is 0 Å². The summed E-state index contributed by atoms with van der Waals surface area (Å²) in [6.07, 6.45) is 3.47. The molecule has 1 aromatic heterocycles. The third-order valence-corrected chi connectivity index (χ3v) is 3.43. The van der Waals surface area contributed by atoms with E-state index in [4.69, 9.17) is 4.42 Å². The van der Waals surface area contributed by atoms with E-state index in [1.807, 2.05) is 19.1 Å². The Bertz CT molecular complexity index is 458. The summed E-state index contributed by atoms with van der Waals surface area (Å²) in [6.45, 7) is 2.50. The predicted octanol–water partition coefficient (Wildman–Crippen LogP) is 1.13. The molecule has 1 aliphatic rings. The number of carbonyl (C=O) groups excluding carboxylic acids is 2. The van der Waals surface area contributed by atoms with E-state index in [2.05, 4.69) is 10.6 Å². The smallest absolute Gasteiger partial charge is 0.315 e. The molecule has 110 valence electrons. The standard InChI is InChI=1S/C14H21N3O3/c1-10(8-12-4-3-7-20-12)15-14(19)16-11-5-6-13(18)17(2)9-11/h3-4,7,10-11H,5-6,8-9H2,1-2H3,(H2,15,16,19)/t10-,11+/m0/s1. The van der Waals surface area contributed by atoms with Crippen LogP contribution in [-0.2, 0) is 11.2 Å². The first-order chi connectivity index (χ1) is 9.54. The summed E-state index contributed by atoms with van der Waals surface area (Å²) in [6, 6.07) is 3.53. The molecular weight excluding hydrogens is 258 g/mol. The molecule has 2 N–H and O–H groups in total. The highest BCUT2D eigenvalue weighted by Crippen LogP contribution is 2.09. The second-order valence-electron chi connectivity index (χ2n) is 5.31. The molecule has 1 saturated heterocycles. The van der Waals surface area contributed by atoms with E-state index in [0.29, 0.717) is 25.8 Å². The molecule has 1 aliphatic heterocycles. The van der Waals surface area contributed by atoms with Gasteiger partial charge in [0.25, 0.3) is 0 Å². The highest BCUT2D eigenvalue weighted by Gasteiger charge is 2.24. The number of carbonyl (C=O) groups is 2. The quantitative estimate of drug-likeness (QED) is 0.867. The largest absolute Gasteiger partial charge is 0.469 e. The molecule has 0 radical (unpaired) electrons. The van der Waals surface area contributed by atoms with Crippen molar-refractivity contribution in [1.82, 2.24) is 15.5 Å². The third kappa shape index (κ3) is 4.01. The lowest BCUT2D eigenvalue weighted by molar-refractivity contribution is -0.132. The molecule has 6 nitrogen and oxygen atoms in total. The number of rotatable bonds is 4. The second kappa shape index (κ2) is 6.45. The Hall–Kier alpha value is -1.98. The van der Waals surface area contributed by atoms with E-state index in [0.717, 1.165) is 5.76 Å².